The minimum atomic E-state index is 0.193. The highest BCUT2D eigenvalue weighted by atomic mass is 16.5. The number of aromatic nitrogens is 6. The zero-order valence-corrected chi connectivity index (χ0v) is 19.7. The Bertz CT molecular complexity index is 1630. The van der Waals surface area contributed by atoms with Crippen LogP contribution in [0.25, 0.3) is 27.9 Å². The molecule has 11 nitrogen and oxygen atoms in total. The summed E-state index contributed by atoms with van der Waals surface area (Å²) in [5.41, 5.74) is 10.3. The van der Waals surface area contributed by atoms with Crippen LogP contribution in [0.5, 0.6) is 11.6 Å². The van der Waals surface area contributed by atoms with Crippen LogP contribution in [0.4, 0.5) is 11.5 Å². The van der Waals surface area contributed by atoms with Gasteiger partial charge in [-0.05, 0) is 55.3 Å². The number of hydrogen-bond acceptors (Lipinski definition) is 10. The summed E-state index contributed by atoms with van der Waals surface area (Å²) < 4.78 is 13.3. The lowest BCUT2D eigenvalue weighted by Gasteiger charge is -2.11. The van der Waals surface area contributed by atoms with Crippen LogP contribution in [-0.4, -0.2) is 48.2 Å². The van der Waals surface area contributed by atoms with Crippen LogP contribution in [0.2, 0.25) is 0 Å². The van der Waals surface area contributed by atoms with Gasteiger partial charge < -0.3 is 20.5 Å². The predicted molar refractivity (Wildman–Crippen MR) is 136 cm³/mol. The van der Waals surface area contributed by atoms with Gasteiger partial charge in [-0.2, -0.15) is 0 Å². The van der Waals surface area contributed by atoms with Crippen LogP contribution in [0, 0.1) is 6.92 Å². The molecule has 1 atom stereocenters. The van der Waals surface area contributed by atoms with E-state index in [4.69, 9.17) is 20.2 Å². The number of benzene rings is 2. The Hall–Kier alpha value is -4.80. The van der Waals surface area contributed by atoms with Gasteiger partial charge in [0.1, 0.15) is 30.8 Å². The Morgan fingerprint density at radius 1 is 1.14 bits per heavy atom. The van der Waals surface area contributed by atoms with Crippen molar-refractivity contribution in [2.45, 2.75) is 26.3 Å². The van der Waals surface area contributed by atoms with Crippen molar-refractivity contribution in [2.75, 3.05) is 17.7 Å². The van der Waals surface area contributed by atoms with Crippen LogP contribution < -0.4 is 15.8 Å². The van der Waals surface area contributed by atoms with Gasteiger partial charge in [0, 0.05) is 22.7 Å². The van der Waals surface area contributed by atoms with E-state index < -0.39 is 0 Å². The van der Waals surface area contributed by atoms with Crippen molar-refractivity contribution in [3.05, 3.63) is 60.7 Å². The molecule has 5 aromatic rings. The average molecular weight is 482 g/mol. The summed E-state index contributed by atoms with van der Waals surface area (Å²) in [5, 5.41) is 11.8. The van der Waals surface area contributed by atoms with Crippen molar-refractivity contribution in [1.82, 2.24) is 29.5 Å². The highest BCUT2D eigenvalue weighted by molar-refractivity contribution is 5.96. The van der Waals surface area contributed by atoms with Gasteiger partial charge >= 0.3 is 0 Å². The molecule has 0 fully saturated rings. The van der Waals surface area contributed by atoms with Crippen molar-refractivity contribution < 1.29 is 9.47 Å². The van der Waals surface area contributed by atoms with Gasteiger partial charge in [0.2, 0.25) is 5.88 Å². The lowest BCUT2D eigenvalue weighted by Crippen LogP contribution is -2.11. The van der Waals surface area contributed by atoms with E-state index in [1.807, 2.05) is 43.3 Å². The van der Waals surface area contributed by atoms with Crippen molar-refractivity contribution in [3.63, 3.8) is 0 Å². The molecule has 4 heterocycles. The summed E-state index contributed by atoms with van der Waals surface area (Å²) in [6.45, 7) is 4.64. The second-order valence-corrected chi connectivity index (χ2v) is 8.50. The van der Waals surface area contributed by atoms with Gasteiger partial charge in [-0.1, -0.05) is 6.92 Å². The molecule has 0 saturated heterocycles. The second kappa shape index (κ2) is 8.77. The number of hydrogen-bond donors (Lipinski definition) is 2. The molecule has 1 unspecified atom stereocenters. The molecule has 0 amide bonds. The van der Waals surface area contributed by atoms with Gasteiger partial charge in [-0.25, -0.2) is 19.9 Å². The van der Waals surface area contributed by atoms with E-state index >= 15 is 0 Å². The third-order valence-corrected chi connectivity index (χ3v) is 5.97. The van der Waals surface area contributed by atoms with E-state index in [9.17, 15) is 0 Å². The smallest absolute Gasteiger partial charge is 0.289 e. The Balaban J connectivity index is 1.25. The van der Waals surface area contributed by atoms with Crippen molar-refractivity contribution in [3.8, 4) is 23.0 Å². The maximum Gasteiger partial charge on any atom is 0.289 e. The molecular formula is C25H23N9O2. The molecule has 36 heavy (non-hydrogen) atoms. The summed E-state index contributed by atoms with van der Waals surface area (Å²) in [6.07, 6.45) is 4.13. The summed E-state index contributed by atoms with van der Waals surface area (Å²) in [7, 11) is 0. The highest BCUT2D eigenvalue weighted by Gasteiger charge is 2.17. The maximum absolute atomic E-state index is 6.34. The van der Waals surface area contributed by atoms with E-state index in [2.05, 4.69) is 37.4 Å². The normalized spacial score (nSPS) is 15.2. The van der Waals surface area contributed by atoms with Crippen LogP contribution >= 0.6 is 0 Å². The largest absolute Gasteiger partial charge is 0.463 e. The number of nitrogen functional groups attached to an aromatic ring is 1. The Kier molecular flexibility index (Phi) is 5.29. The first-order chi connectivity index (χ1) is 17.6. The zero-order chi connectivity index (χ0) is 24.6. The highest BCUT2D eigenvalue weighted by Crippen LogP contribution is 2.30. The number of nitrogens with zero attached hydrogens (tertiary/aromatic N) is 7. The maximum atomic E-state index is 6.34. The summed E-state index contributed by atoms with van der Waals surface area (Å²) >= 11 is 0. The molecule has 3 N–H and O–H groups in total. The molecule has 3 aromatic heterocycles. The van der Waals surface area contributed by atoms with E-state index in [-0.39, 0.29) is 6.04 Å². The third kappa shape index (κ3) is 4.11. The number of ether oxygens (including phenoxy) is 2. The molecule has 0 bridgehead atoms. The minimum Gasteiger partial charge on any atom is -0.463 e. The molecule has 2 aromatic carbocycles. The molecule has 0 radical (unpaired) electrons. The third-order valence-electron chi connectivity index (χ3n) is 5.97. The van der Waals surface area contributed by atoms with Crippen LogP contribution in [0.1, 0.15) is 18.9 Å². The molecule has 0 spiro atoms. The zero-order valence-electron chi connectivity index (χ0n) is 19.7. The molecule has 11 heteroatoms. The fourth-order valence-electron chi connectivity index (χ4n) is 3.96. The number of aryl methyl sites for hydroxylation is 1. The van der Waals surface area contributed by atoms with E-state index in [1.165, 1.54) is 0 Å². The van der Waals surface area contributed by atoms with Gasteiger partial charge in [0.25, 0.3) is 6.02 Å². The minimum absolute atomic E-state index is 0.193. The molecule has 0 saturated carbocycles. The van der Waals surface area contributed by atoms with Crippen molar-refractivity contribution >= 4 is 34.1 Å². The van der Waals surface area contributed by atoms with E-state index in [0.29, 0.717) is 41.5 Å². The first kappa shape index (κ1) is 21.7. The standard InChI is InChI=1S/C25H23N9O2/c1-3-16-11-35-25(29-16)30-17-5-6-19-18(9-17)23(26)32-24(31-19)15-4-7-20(14(2)8-15)36-22-10-21-33-28-13-34(21)12-27-22/h4-10,12-13,16H,3,11H2,1-2H3,(H,29,30)(H2,26,31,32). The van der Waals surface area contributed by atoms with Crippen LogP contribution in [0.15, 0.2) is 60.1 Å². The predicted octanol–water partition coefficient (Wildman–Crippen LogP) is 3.99. The first-order valence-electron chi connectivity index (χ1n) is 11.5. The summed E-state index contributed by atoms with van der Waals surface area (Å²) in [6, 6.07) is 13.9. The average Bonchev–Trinajstić information content (AvgIpc) is 3.54. The monoisotopic (exact) mass is 481 g/mol. The molecule has 180 valence electrons. The van der Waals surface area contributed by atoms with Crippen LogP contribution in [0.3, 0.4) is 0 Å². The Morgan fingerprint density at radius 2 is 2.06 bits per heavy atom. The topological polar surface area (TPSA) is 138 Å². The first-order valence-corrected chi connectivity index (χ1v) is 11.5. The number of fused-ring (bicyclic) bond motifs is 2. The molecular weight excluding hydrogens is 458 g/mol. The number of amidine groups is 1. The SMILES string of the molecule is CCC1COC(Nc2ccc3nc(-c4ccc(Oc5cc6nncn6cn5)c(C)c4)nc(N)c3c2)=N1. The number of rotatable bonds is 5. The fraction of sp³-hybridized carbons (Fsp3) is 0.200. The summed E-state index contributed by atoms with van der Waals surface area (Å²) in [4.78, 5) is 18.1. The number of aliphatic imine (C=N–C) groups is 1. The quantitative estimate of drug-likeness (QED) is 0.381. The van der Waals surface area contributed by atoms with E-state index in [0.717, 1.165) is 34.1 Å². The fourth-order valence-corrected chi connectivity index (χ4v) is 3.96. The molecule has 0 aliphatic carbocycles. The lowest BCUT2D eigenvalue weighted by atomic mass is 10.1. The molecule has 1 aliphatic heterocycles. The van der Waals surface area contributed by atoms with E-state index in [1.54, 1.807) is 23.1 Å². The Labute approximate surface area is 206 Å². The van der Waals surface area contributed by atoms with Crippen molar-refractivity contribution in [2.24, 2.45) is 4.99 Å². The van der Waals surface area contributed by atoms with Gasteiger partial charge in [-0.3, -0.25) is 4.40 Å². The van der Waals surface area contributed by atoms with Crippen molar-refractivity contribution in [1.29, 1.82) is 0 Å². The van der Waals surface area contributed by atoms with Gasteiger partial charge in [0.15, 0.2) is 11.5 Å². The number of nitrogens with two attached hydrogens (primary N) is 1. The number of nitrogens with one attached hydrogen (secondary N) is 1. The molecule has 1 aliphatic rings. The summed E-state index contributed by atoms with van der Waals surface area (Å²) in [5.74, 6) is 2.03. The lowest BCUT2D eigenvalue weighted by molar-refractivity contribution is 0.313. The Morgan fingerprint density at radius 3 is 2.89 bits per heavy atom. The molecule has 6 rings (SSSR count). The number of anilines is 2. The van der Waals surface area contributed by atoms with Crippen LogP contribution in [-0.2, 0) is 4.74 Å². The van der Waals surface area contributed by atoms with Gasteiger partial charge in [0.05, 0.1) is 11.6 Å². The second-order valence-electron chi connectivity index (χ2n) is 8.50. The van der Waals surface area contributed by atoms with Gasteiger partial charge in [-0.15, -0.1) is 10.2 Å².